The van der Waals surface area contributed by atoms with Gasteiger partial charge in [-0.2, -0.15) is 0 Å². The minimum absolute atomic E-state index is 0. The van der Waals surface area contributed by atoms with Crippen LogP contribution in [-0.2, 0) is 12.1 Å². The van der Waals surface area contributed by atoms with Gasteiger partial charge < -0.3 is 20.2 Å². The Morgan fingerprint density at radius 1 is 1.17 bits per heavy atom. The molecule has 126 valence electrons. The van der Waals surface area contributed by atoms with E-state index in [-0.39, 0.29) is 24.0 Å². The molecule has 0 bridgehead atoms. The van der Waals surface area contributed by atoms with Crippen molar-refractivity contribution < 1.29 is 9.52 Å². The van der Waals surface area contributed by atoms with Crippen LogP contribution < -0.4 is 10.6 Å². The summed E-state index contributed by atoms with van der Waals surface area (Å²) in [5, 5.41) is 16.8. The maximum absolute atomic E-state index is 10.4. The van der Waals surface area contributed by atoms with Gasteiger partial charge in [-0.15, -0.1) is 24.0 Å². The first-order chi connectivity index (χ1) is 10.6. The third kappa shape index (κ3) is 6.23. The molecule has 1 atom stereocenters. The van der Waals surface area contributed by atoms with E-state index in [2.05, 4.69) is 15.6 Å². The fraction of sp³-hybridized carbons (Fsp3) is 0.353. The Kier molecular flexibility index (Phi) is 8.11. The van der Waals surface area contributed by atoms with Gasteiger partial charge in [-0.25, -0.2) is 4.99 Å². The van der Waals surface area contributed by atoms with Crippen LogP contribution in [0.4, 0.5) is 0 Å². The van der Waals surface area contributed by atoms with Crippen LogP contribution >= 0.6 is 24.0 Å². The van der Waals surface area contributed by atoms with Gasteiger partial charge >= 0.3 is 0 Å². The van der Waals surface area contributed by atoms with Crippen LogP contribution in [-0.4, -0.2) is 24.2 Å². The van der Waals surface area contributed by atoms with Crippen molar-refractivity contribution in [2.75, 3.05) is 13.1 Å². The van der Waals surface area contributed by atoms with E-state index in [1.807, 2.05) is 37.3 Å². The lowest BCUT2D eigenvalue weighted by Crippen LogP contribution is -2.44. The van der Waals surface area contributed by atoms with E-state index in [1.54, 1.807) is 25.3 Å². The summed E-state index contributed by atoms with van der Waals surface area (Å²) in [6.45, 7) is 5.35. The Morgan fingerprint density at radius 2 is 1.91 bits per heavy atom. The molecule has 1 aromatic carbocycles. The molecule has 0 spiro atoms. The number of rotatable bonds is 6. The summed E-state index contributed by atoms with van der Waals surface area (Å²) >= 11 is 0. The van der Waals surface area contributed by atoms with E-state index in [0.717, 1.165) is 12.1 Å². The molecule has 0 aliphatic carbocycles. The Morgan fingerprint density at radius 3 is 2.52 bits per heavy atom. The van der Waals surface area contributed by atoms with E-state index in [1.165, 1.54) is 0 Å². The molecule has 3 N–H and O–H groups in total. The number of aliphatic imine (C=N–C) groups is 1. The van der Waals surface area contributed by atoms with E-state index in [0.29, 0.717) is 24.8 Å². The molecule has 23 heavy (non-hydrogen) atoms. The number of aliphatic hydroxyl groups is 1. The summed E-state index contributed by atoms with van der Waals surface area (Å²) < 4.78 is 5.27. The first kappa shape index (κ1) is 19.5. The second-order valence-electron chi connectivity index (χ2n) is 5.29. The molecule has 0 amide bonds. The zero-order chi connectivity index (χ0) is 15.8. The molecule has 2 rings (SSSR count). The predicted molar refractivity (Wildman–Crippen MR) is 103 cm³/mol. The Bertz CT molecular complexity index is 583. The number of guanidine groups is 1. The van der Waals surface area contributed by atoms with Gasteiger partial charge in [0, 0.05) is 6.54 Å². The van der Waals surface area contributed by atoms with E-state index in [9.17, 15) is 5.11 Å². The molecule has 1 heterocycles. The first-order valence-electron chi connectivity index (χ1n) is 7.44. The van der Waals surface area contributed by atoms with Gasteiger partial charge in [0.25, 0.3) is 0 Å². The minimum Gasteiger partial charge on any atom is -0.466 e. The Labute approximate surface area is 154 Å². The van der Waals surface area contributed by atoms with Gasteiger partial charge in [-0.3, -0.25) is 0 Å². The Balaban J connectivity index is 0.00000264. The number of nitrogens with zero attached hydrogens (tertiary/aromatic N) is 1. The van der Waals surface area contributed by atoms with Crippen LogP contribution in [0.3, 0.4) is 0 Å². The van der Waals surface area contributed by atoms with Gasteiger partial charge in [0.15, 0.2) is 5.96 Å². The van der Waals surface area contributed by atoms with Crippen molar-refractivity contribution in [1.82, 2.24) is 10.6 Å². The molecule has 1 unspecified atom stereocenters. The monoisotopic (exact) mass is 429 g/mol. The fourth-order valence-corrected chi connectivity index (χ4v) is 2.02. The third-order valence-electron chi connectivity index (χ3n) is 3.26. The molecule has 0 saturated carbocycles. The van der Waals surface area contributed by atoms with Crippen molar-refractivity contribution in [2.45, 2.75) is 26.0 Å². The molecule has 0 aliphatic heterocycles. The molecule has 5 nitrogen and oxygen atoms in total. The third-order valence-corrected chi connectivity index (χ3v) is 3.26. The second-order valence-corrected chi connectivity index (χ2v) is 5.29. The SMILES string of the molecule is CCNC(=NCc1ccccc1)NCC(C)(O)c1ccco1.I. The van der Waals surface area contributed by atoms with Gasteiger partial charge in [-0.1, -0.05) is 30.3 Å². The van der Waals surface area contributed by atoms with Crippen molar-refractivity contribution in [3.8, 4) is 0 Å². The highest BCUT2D eigenvalue weighted by molar-refractivity contribution is 14.0. The van der Waals surface area contributed by atoms with Crippen LogP contribution in [0.25, 0.3) is 0 Å². The van der Waals surface area contributed by atoms with Gasteiger partial charge in [0.1, 0.15) is 11.4 Å². The maximum Gasteiger partial charge on any atom is 0.191 e. The molecule has 0 aliphatic rings. The lowest BCUT2D eigenvalue weighted by molar-refractivity contribution is 0.0386. The normalized spacial score (nSPS) is 13.8. The molecule has 0 fully saturated rings. The summed E-state index contributed by atoms with van der Waals surface area (Å²) in [6, 6.07) is 13.6. The number of hydrogen-bond donors (Lipinski definition) is 3. The molecule has 0 saturated heterocycles. The highest BCUT2D eigenvalue weighted by Crippen LogP contribution is 2.19. The van der Waals surface area contributed by atoms with Crippen molar-refractivity contribution in [3.05, 3.63) is 60.1 Å². The highest BCUT2D eigenvalue weighted by Gasteiger charge is 2.26. The summed E-state index contributed by atoms with van der Waals surface area (Å²) in [6.07, 6.45) is 1.55. The highest BCUT2D eigenvalue weighted by atomic mass is 127. The zero-order valence-electron chi connectivity index (χ0n) is 13.5. The average molecular weight is 429 g/mol. The number of hydrogen-bond acceptors (Lipinski definition) is 3. The van der Waals surface area contributed by atoms with Crippen LogP contribution in [0.5, 0.6) is 0 Å². The van der Waals surface area contributed by atoms with Crippen molar-refractivity contribution in [2.24, 2.45) is 4.99 Å². The first-order valence-corrected chi connectivity index (χ1v) is 7.44. The molecule has 1 aromatic heterocycles. The molecular weight excluding hydrogens is 405 g/mol. The number of nitrogens with one attached hydrogen (secondary N) is 2. The quantitative estimate of drug-likeness (QED) is 0.375. The van der Waals surface area contributed by atoms with Crippen LogP contribution in [0.15, 0.2) is 58.1 Å². The zero-order valence-corrected chi connectivity index (χ0v) is 15.8. The number of furan rings is 1. The second kappa shape index (κ2) is 9.57. The average Bonchev–Trinajstić information content (AvgIpc) is 3.06. The van der Waals surface area contributed by atoms with Crippen LogP contribution in [0.2, 0.25) is 0 Å². The van der Waals surface area contributed by atoms with Crippen LogP contribution in [0, 0.1) is 0 Å². The lowest BCUT2D eigenvalue weighted by atomic mass is 10.0. The predicted octanol–water partition coefficient (Wildman–Crippen LogP) is 2.86. The van der Waals surface area contributed by atoms with Crippen molar-refractivity contribution in [1.29, 1.82) is 0 Å². The van der Waals surface area contributed by atoms with Gasteiger partial charge in [0.05, 0.1) is 19.4 Å². The largest absolute Gasteiger partial charge is 0.466 e. The molecular formula is C17H24IN3O2. The standard InChI is InChI=1S/C17H23N3O2.HI/c1-3-18-16(19-12-14-8-5-4-6-9-14)20-13-17(2,21)15-10-7-11-22-15;/h4-11,21H,3,12-13H2,1-2H3,(H2,18,19,20);1H. The van der Waals surface area contributed by atoms with Crippen molar-refractivity contribution in [3.63, 3.8) is 0 Å². The van der Waals surface area contributed by atoms with E-state index < -0.39 is 5.60 Å². The Hall–Kier alpha value is -1.54. The number of halogens is 1. The molecule has 2 aromatic rings. The summed E-state index contributed by atoms with van der Waals surface area (Å²) in [7, 11) is 0. The van der Waals surface area contributed by atoms with E-state index in [4.69, 9.17) is 4.42 Å². The van der Waals surface area contributed by atoms with Crippen LogP contribution in [0.1, 0.15) is 25.2 Å². The number of benzene rings is 1. The summed E-state index contributed by atoms with van der Waals surface area (Å²) in [4.78, 5) is 4.52. The topological polar surface area (TPSA) is 69.8 Å². The van der Waals surface area contributed by atoms with Gasteiger partial charge in [0.2, 0.25) is 0 Å². The van der Waals surface area contributed by atoms with E-state index >= 15 is 0 Å². The summed E-state index contributed by atoms with van der Waals surface area (Å²) in [5.41, 5.74) is 0.0457. The molecule has 6 heteroatoms. The minimum atomic E-state index is -1.09. The fourth-order valence-electron chi connectivity index (χ4n) is 2.02. The molecule has 0 radical (unpaired) electrons. The smallest absolute Gasteiger partial charge is 0.191 e. The van der Waals surface area contributed by atoms with Crippen molar-refractivity contribution >= 4 is 29.9 Å². The maximum atomic E-state index is 10.4. The summed E-state index contributed by atoms with van der Waals surface area (Å²) in [5.74, 6) is 1.19. The van der Waals surface area contributed by atoms with Gasteiger partial charge in [-0.05, 0) is 31.5 Å². The lowest BCUT2D eigenvalue weighted by Gasteiger charge is -2.22.